The maximum atomic E-state index is 6.24. The standard InChI is InChI=1S/C13H17Cl2N3S/c1-2-3-9-4-5-17(6-9)7-10-12(15)16-13-18(10)8-11(14)19-13/h8-9H,2-7H2,1H3. The van der Waals surface area contributed by atoms with E-state index < -0.39 is 0 Å². The first-order chi connectivity index (χ1) is 9.17. The van der Waals surface area contributed by atoms with Crippen LogP contribution in [0.2, 0.25) is 9.49 Å². The third kappa shape index (κ3) is 2.77. The third-order valence-corrected chi connectivity index (χ3v) is 5.19. The van der Waals surface area contributed by atoms with E-state index in [0.717, 1.165) is 34.0 Å². The van der Waals surface area contributed by atoms with Gasteiger partial charge in [0.25, 0.3) is 0 Å². The highest BCUT2D eigenvalue weighted by Crippen LogP contribution is 2.29. The quantitative estimate of drug-likeness (QED) is 0.836. The lowest BCUT2D eigenvalue weighted by molar-refractivity contribution is 0.308. The number of thiazole rings is 1. The van der Waals surface area contributed by atoms with Crippen LogP contribution in [0.25, 0.3) is 4.96 Å². The van der Waals surface area contributed by atoms with Crippen LogP contribution >= 0.6 is 34.5 Å². The summed E-state index contributed by atoms with van der Waals surface area (Å²) in [4.78, 5) is 7.72. The summed E-state index contributed by atoms with van der Waals surface area (Å²) in [5, 5.41) is 0.613. The molecule has 3 rings (SSSR count). The fourth-order valence-electron chi connectivity index (χ4n) is 2.89. The minimum Gasteiger partial charge on any atom is -0.297 e. The van der Waals surface area contributed by atoms with Crippen molar-refractivity contribution in [3.8, 4) is 0 Å². The SMILES string of the molecule is CCCC1CCN(Cc2c(Cl)nc3sc(Cl)cn23)C1. The van der Waals surface area contributed by atoms with Crippen molar-refractivity contribution in [2.24, 2.45) is 5.92 Å². The Morgan fingerprint density at radius 2 is 2.32 bits per heavy atom. The number of halogens is 2. The number of hydrogen-bond acceptors (Lipinski definition) is 3. The molecule has 1 aliphatic rings. The lowest BCUT2D eigenvalue weighted by atomic mass is 10.0. The summed E-state index contributed by atoms with van der Waals surface area (Å²) in [7, 11) is 0. The van der Waals surface area contributed by atoms with Crippen molar-refractivity contribution in [2.45, 2.75) is 32.7 Å². The van der Waals surface area contributed by atoms with Crippen LogP contribution in [0.15, 0.2) is 6.20 Å². The van der Waals surface area contributed by atoms with Crippen molar-refractivity contribution < 1.29 is 0 Å². The summed E-state index contributed by atoms with van der Waals surface area (Å²) in [6, 6.07) is 0. The monoisotopic (exact) mass is 317 g/mol. The minimum absolute atomic E-state index is 0.613. The molecule has 0 bridgehead atoms. The molecular formula is C13H17Cl2N3S. The fraction of sp³-hybridized carbons (Fsp3) is 0.615. The Morgan fingerprint density at radius 1 is 1.47 bits per heavy atom. The van der Waals surface area contributed by atoms with Gasteiger partial charge in [0.2, 0.25) is 0 Å². The molecule has 0 aromatic carbocycles. The number of imidazole rings is 1. The highest BCUT2D eigenvalue weighted by atomic mass is 35.5. The summed E-state index contributed by atoms with van der Waals surface area (Å²) in [5.41, 5.74) is 1.07. The summed E-state index contributed by atoms with van der Waals surface area (Å²) >= 11 is 13.7. The topological polar surface area (TPSA) is 20.5 Å². The first-order valence-corrected chi connectivity index (χ1v) is 8.28. The summed E-state index contributed by atoms with van der Waals surface area (Å²) in [6.45, 7) is 5.46. The van der Waals surface area contributed by atoms with E-state index in [9.17, 15) is 0 Å². The first kappa shape index (κ1) is 13.7. The summed E-state index contributed by atoms with van der Waals surface area (Å²) in [6.07, 6.45) is 5.82. The molecule has 1 fully saturated rings. The Hall–Kier alpha value is -0.290. The number of likely N-dealkylation sites (tertiary alicyclic amines) is 1. The maximum Gasteiger partial charge on any atom is 0.196 e. The Bertz CT molecular complexity index is 578. The molecule has 19 heavy (non-hydrogen) atoms. The van der Waals surface area contributed by atoms with E-state index in [1.165, 1.54) is 37.1 Å². The first-order valence-electron chi connectivity index (χ1n) is 6.71. The van der Waals surface area contributed by atoms with Gasteiger partial charge in [0.05, 0.1) is 5.69 Å². The molecule has 0 amide bonds. The van der Waals surface area contributed by atoms with Gasteiger partial charge in [-0.3, -0.25) is 9.30 Å². The molecule has 0 radical (unpaired) electrons. The number of hydrogen-bond donors (Lipinski definition) is 0. The molecular weight excluding hydrogens is 301 g/mol. The molecule has 1 atom stereocenters. The molecule has 0 spiro atoms. The van der Waals surface area contributed by atoms with Crippen molar-refractivity contribution in [3.63, 3.8) is 0 Å². The van der Waals surface area contributed by atoms with Crippen LogP contribution in [0.1, 0.15) is 31.9 Å². The van der Waals surface area contributed by atoms with Gasteiger partial charge in [0.1, 0.15) is 4.34 Å². The van der Waals surface area contributed by atoms with E-state index in [2.05, 4.69) is 16.8 Å². The Labute approximate surface area is 127 Å². The van der Waals surface area contributed by atoms with Gasteiger partial charge >= 0.3 is 0 Å². The maximum absolute atomic E-state index is 6.24. The average molecular weight is 318 g/mol. The molecule has 2 aromatic heterocycles. The van der Waals surface area contributed by atoms with Crippen molar-refractivity contribution in [2.75, 3.05) is 13.1 Å². The van der Waals surface area contributed by atoms with Gasteiger partial charge < -0.3 is 0 Å². The van der Waals surface area contributed by atoms with Gasteiger partial charge in [-0.15, -0.1) is 0 Å². The van der Waals surface area contributed by atoms with Crippen LogP contribution < -0.4 is 0 Å². The number of rotatable bonds is 4. The Kier molecular flexibility index (Phi) is 4.03. The van der Waals surface area contributed by atoms with Crippen molar-refractivity contribution in [1.29, 1.82) is 0 Å². The second-order valence-corrected chi connectivity index (χ2v) is 7.21. The van der Waals surface area contributed by atoms with E-state index in [1.807, 2.05) is 10.6 Å². The van der Waals surface area contributed by atoms with Gasteiger partial charge in [-0.1, -0.05) is 47.9 Å². The molecule has 3 nitrogen and oxygen atoms in total. The number of nitrogens with zero attached hydrogens (tertiary/aromatic N) is 3. The van der Waals surface area contributed by atoms with Gasteiger partial charge in [-0.25, -0.2) is 4.98 Å². The van der Waals surface area contributed by atoms with Gasteiger partial charge in [-0.05, 0) is 25.3 Å². The second-order valence-electron chi connectivity index (χ2n) is 5.22. The van der Waals surface area contributed by atoms with E-state index in [0.29, 0.717) is 5.15 Å². The molecule has 0 aliphatic carbocycles. The van der Waals surface area contributed by atoms with Crippen molar-refractivity contribution in [3.05, 3.63) is 21.4 Å². The third-order valence-electron chi connectivity index (χ3n) is 3.79. The largest absolute Gasteiger partial charge is 0.297 e. The fourth-order valence-corrected chi connectivity index (χ4v) is 4.21. The second kappa shape index (κ2) is 5.60. The molecule has 104 valence electrons. The molecule has 0 N–H and O–H groups in total. The normalized spacial score (nSPS) is 20.7. The highest BCUT2D eigenvalue weighted by Gasteiger charge is 2.24. The smallest absolute Gasteiger partial charge is 0.196 e. The van der Waals surface area contributed by atoms with Crippen LogP contribution in [0.4, 0.5) is 0 Å². The van der Waals surface area contributed by atoms with Crippen molar-refractivity contribution in [1.82, 2.24) is 14.3 Å². The minimum atomic E-state index is 0.613. The van der Waals surface area contributed by atoms with Gasteiger partial charge in [0.15, 0.2) is 10.1 Å². The van der Waals surface area contributed by atoms with Crippen LogP contribution in [-0.4, -0.2) is 27.4 Å². The molecule has 2 aromatic rings. The molecule has 0 saturated carbocycles. The molecule has 1 saturated heterocycles. The molecule has 3 heterocycles. The zero-order chi connectivity index (χ0) is 13.4. The zero-order valence-corrected chi connectivity index (χ0v) is 13.2. The van der Waals surface area contributed by atoms with Crippen molar-refractivity contribution >= 4 is 39.5 Å². The molecule has 6 heteroatoms. The Balaban J connectivity index is 1.76. The van der Waals surface area contributed by atoms with E-state index >= 15 is 0 Å². The van der Waals surface area contributed by atoms with Gasteiger partial charge in [-0.2, -0.15) is 0 Å². The van der Waals surface area contributed by atoms with Crippen LogP contribution in [0, 0.1) is 5.92 Å². The predicted octanol–water partition coefficient (Wildman–Crippen LogP) is 4.32. The van der Waals surface area contributed by atoms with Gasteiger partial charge in [0, 0.05) is 19.3 Å². The van der Waals surface area contributed by atoms with E-state index in [-0.39, 0.29) is 0 Å². The van der Waals surface area contributed by atoms with E-state index in [1.54, 1.807) is 0 Å². The lowest BCUT2D eigenvalue weighted by Gasteiger charge is -2.15. The van der Waals surface area contributed by atoms with Crippen LogP contribution in [-0.2, 0) is 6.54 Å². The zero-order valence-electron chi connectivity index (χ0n) is 10.9. The molecule has 1 unspecified atom stereocenters. The average Bonchev–Trinajstić information content (AvgIpc) is 2.99. The highest BCUT2D eigenvalue weighted by molar-refractivity contribution is 7.20. The summed E-state index contributed by atoms with van der Waals surface area (Å²) in [5.74, 6) is 0.846. The molecule has 1 aliphatic heterocycles. The van der Waals surface area contributed by atoms with Crippen LogP contribution in [0.3, 0.4) is 0 Å². The Morgan fingerprint density at radius 3 is 3.11 bits per heavy atom. The summed E-state index contributed by atoms with van der Waals surface area (Å²) < 4.78 is 2.79. The van der Waals surface area contributed by atoms with Crippen LogP contribution in [0.5, 0.6) is 0 Å². The lowest BCUT2D eigenvalue weighted by Crippen LogP contribution is -2.21. The van der Waals surface area contributed by atoms with E-state index in [4.69, 9.17) is 23.2 Å². The predicted molar refractivity (Wildman–Crippen MR) is 81.4 cm³/mol. The number of aromatic nitrogens is 2. The number of fused-ring (bicyclic) bond motifs is 1.